The van der Waals surface area contributed by atoms with E-state index in [2.05, 4.69) is 31.2 Å². The molecule has 0 fully saturated rings. The van der Waals surface area contributed by atoms with Gasteiger partial charge in [-0.15, -0.1) is 10.2 Å². The van der Waals surface area contributed by atoms with Crippen molar-refractivity contribution in [1.82, 2.24) is 30.6 Å². The molecule has 12 nitrogen and oxygen atoms in total. The third kappa shape index (κ3) is 5.93. The minimum atomic E-state index is -0.696. The SMILES string of the molecule is CC(=O)OCOC(=O)c1ccc(C(=O)N/N=C\c2ccc(-c3nn[nH]n3)cc2)cc1-n1c(C)ccc1C. The van der Waals surface area contributed by atoms with Crippen molar-refractivity contribution in [2.24, 2.45) is 5.10 Å². The number of aromatic amines is 1. The fraction of sp³-hybridized carbons (Fsp3) is 0.160. The molecule has 12 heteroatoms. The molecule has 188 valence electrons. The average molecular weight is 502 g/mol. The maximum Gasteiger partial charge on any atom is 0.343 e. The molecule has 0 atom stereocenters. The quantitative estimate of drug-likeness (QED) is 0.162. The zero-order valence-electron chi connectivity index (χ0n) is 20.3. The number of aryl methyl sites for hydroxylation is 2. The average Bonchev–Trinajstić information content (AvgIpc) is 3.53. The number of H-pyrrole nitrogens is 1. The Morgan fingerprint density at radius 3 is 2.41 bits per heavy atom. The van der Waals surface area contributed by atoms with E-state index in [-0.39, 0.29) is 11.1 Å². The highest BCUT2D eigenvalue weighted by Crippen LogP contribution is 2.23. The molecule has 0 unspecified atom stereocenters. The molecule has 0 radical (unpaired) electrons. The number of aromatic nitrogens is 5. The van der Waals surface area contributed by atoms with Crippen LogP contribution >= 0.6 is 0 Å². The Balaban J connectivity index is 1.52. The van der Waals surface area contributed by atoms with Gasteiger partial charge in [0.15, 0.2) is 0 Å². The van der Waals surface area contributed by atoms with Crippen LogP contribution in [0.15, 0.2) is 59.7 Å². The summed E-state index contributed by atoms with van der Waals surface area (Å²) in [4.78, 5) is 36.5. The maximum absolute atomic E-state index is 12.8. The van der Waals surface area contributed by atoms with Crippen LogP contribution in [0.4, 0.5) is 0 Å². The van der Waals surface area contributed by atoms with Crippen LogP contribution in [0.2, 0.25) is 0 Å². The molecule has 0 saturated carbocycles. The predicted octanol–water partition coefficient (Wildman–Crippen LogP) is 2.72. The van der Waals surface area contributed by atoms with Crippen LogP contribution in [0.25, 0.3) is 17.1 Å². The number of amides is 1. The summed E-state index contributed by atoms with van der Waals surface area (Å²) in [5, 5.41) is 17.8. The van der Waals surface area contributed by atoms with Gasteiger partial charge in [-0.05, 0) is 55.0 Å². The summed E-state index contributed by atoms with van der Waals surface area (Å²) in [5.41, 5.74) is 6.66. The van der Waals surface area contributed by atoms with Gasteiger partial charge in [0.25, 0.3) is 5.91 Å². The van der Waals surface area contributed by atoms with Crippen LogP contribution in [0.3, 0.4) is 0 Å². The molecule has 2 aromatic heterocycles. The van der Waals surface area contributed by atoms with E-state index < -0.39 is 24.6 Å². The number of carbonyl (C=O) groups is 3. The lowest BCUT2D eigenvalue weighted by Gasteiger charge is -2.15. The Labute approximate surface area is 211 Å². The highest BCUT2D eigenvalue weighted by Gasteiger charge is 2.19. The first-order valence-electron chi connectivity index (χ1n) is 11.1. The molecule has 37 heavy (non-hydrogen) atoms. The highest BCUT2D eigenvalue weighted by molar-refractivity contribution is 5.99. The highest BCUT2D eigenvalue weighted by atomic mass is 16.7. The Kier molecular flexibility index (Phi) is 7.48. The number of hydrazone groups is 1. The minimum Gasteiger partial charge on any atom is -0.428 e. The van der Waals surface area contributed by atoms with E-state index in [1.165, 1.54) is 25.3 Å². The Bertz CT molecular complexity index is 1440. The first kappa shape index (κ1) is 25.0. The van der Waals surface area contributed by atoms with Crippen molar-refractivity contribution in [3.8, 4) is 17.1 Å². The summed E-state index contributed by atoms with van der Waals surface area (Å²) in [6, 6.07) is 15.6. The number of hydrogen-bond donors (Lipinski definition) is 2. The zero-order chi connectivity index (χ0) is 26.4. The van der Waals surface area contributed by atoms with Gasteiger partial charge in [0.2, 0.25) is 12.6 Å². The van der Waals surface area contributed by atoms with E-state index in [1.807, 2.05) is 30.5 Å². The largest absolute Gasteiger partial charge is 0.428 e. The molecule has 4 rings (SSSR count). The Hall–Kier alpha value is -5.13. The van der Waals surface area contributed by atoms with E-state index in [9.17, 15) is 14.4 Å². The van der Waals surface area contributed by atoms with Gasteiger partial charge < -0.3 is 14.0 Å². The summed E-state index contributed by atoms with van der Waals surface area (Å²) in [6.07, 6.45) is 1.50. The lowest BCUT2D eigenvalue weighted by Crippen LogP contribution is -2.19. The second-order valence-electron chi connectivity index (χ2n) is 7.93. The molecule has 0 saturated heterocycles. The first-order chi connectivity index (χ1) is 17.8. The van der Waals surface area contributed by atoms with E-state index in [0.29, 0.717) is 11.5 Å². The van der Waals surface area contributed by atoms with Gasteiger partial charge in [-0.1, -0.05) is 24.3 Å². The lowest BCUT2D eigenvalue weighted by atomic mass is 10.1. The molecule has 0 aliphatic rings. The van der Waals surface area contributed by atoms with Crippen LogP contribution < -0.4 is 5.43 Å². The molecule has 2 aromatic carbocycles. The van der Waals surface area contributed by atoms with Crippen molar-refractivity contribution in [1.29, 1.82) is 0 Å². The third-order valence-electron chi connectivity index (χ3n) is 5.34. The van der Waals surface area contributed by atoms with Gasteiger partial charge in [0, 0.05) is 29.4 Å². The summed E-state index contributed by atoms with van der Waals surface area (Å²) in [5.74, 6) is -1.26. The molecule has 0 aliphatic heterocycles. The summed E-state index contributed by atoms with van der Waals surface area (Å²) < 4.78 is 11.6. The van der Waals surface area contributed by atoms with Crippen LogP contribution in [0.1, 0.15) is 44.6 Å². The van der Waals surface area contributed by atoms with Crippen LogP contribution in [0, 0.1) is 13.8 Å². The van der Waals surface area contributed by atoms with Crippen LogP contribution in [-0.4, -0.2) is 56.0 Å². The van der Waals surface area contributed by atoms with Crippen molar-refractivity contribution in [3.05, 3.63) is 82.7 Å². The monoisotopic (exact) mass is 501 g/mol. The number of hydrogen-bond acceptors (Lipinski definition) is 9. The number of nitrogens with zero attached hydrogens (tertiary/aromatic N) is 5. The standard InChI is InChI=1S/C25H23N7O5/c1-15-4-5-16(2)32(15)22-12-20(10-11-21(22)25(35)37-14-36-17(3)33)24(34)29-26-13-18-6-8-19(9-7-18)23-27-30-31-28-23/h4-13H,14H2,1-3H3,(H,29,34)(H,27,28,30,31)/b26-13-. The number of carbonyl (C=O) groups excluding carboxylic acids is 3. The summed E-state index contributed by atoms with van der Waals surface area (Å²) in [7, 11) is 0. The third-order valence-corrected chi connectivity index (χ3v) is 5.34. The molecular weight excluding hydrogens is 478 g/mol. The van der Waals surface area contributed by atoms with Crippen molar-refractivity contribution in [2.75, 3.05) is 6.79 Å². The molecule has 0 aliphatic carbocycles. The maximum atomic E-state index is 12.8. The fourth-order valence-electron chi connectivity index (χ4n) is 3.55. The van der Waals surface area contributed by atoms with E-state index in [1.54, 1.807) is 30.3 Å². The van der Waals surface area contributed by atoms with Crippen molar-refractivity contribution in [3.63, 3.8) is 0 Å². The molecule has 0 spiro atoms. The van der Waals surface area contributed by atoms with Crippen molar-refractivity contribution in [2.45, 2.75) is 20.8 Å². The smallest absolute Gasteiger partial charge is 0.343 e. The number of tetrazole rings is 1. The number of benzene rings is 2. The molecule has 0 bridgehead atoms. The second-order valence-corrected chi connectivity index (χ2v) is 7.93. The molecule has 2 heterocycles. The van der Waals surface area contributed by atoms with Crippen LogP contribution in [0.5, 0.6) is 0 Å². The van der Waals surface area contributed by atoms with Gasteiger partial charge in [0.1, 0.15) is 0 Å². The van der Waals surface area contributed by atoms with Gasteiger partial charge >= 0.3 is 11.9 Å². The summed E-state index contributed by atoms with van der Waals surface area (Å²) >= 11 is 0. The normalized spacial score (nSPS) is 10.9. The topological polar surface area (TPSA) is 153 Å². The van der Waals surface area contributed by atoms with E-state index in [0.717, 1.165) is 22.5 Å². The second kappa shape index (κ2) is 11.1. The predicted molar refractivity (Wildman–Crippen MR) is 132 cm³/mol. The molecule has 4 aromatic rings. The van der Waals surface area contributed by atoms with E-state index in [4.69, 9.17) is 9.47 Å². The fourth-order valence-corrected chi connectivity index (χ4v) is 3.55. The number of ether oxygens (including phenoxy) is 2. The molecule has 1 amide bonds. The van der Waals surface area contributed by atoms with Crippen molar-refractivity contribution < 1.29 is 23.9 Å². The summed E-state index contributed by atoms with van der Waals surface area (Å²) in [6.45, 7) is 4.46. The van der Waals surface area contributed by atoms with Crippen LogP contribution in [-0.2, 0) is 14.3 Å². The molecule has 2 N–H and O–H groups in total. The van der Waals surface area contributed by atoms with Gasteiger partial charge in [-0.2, -0.15) is 10.3 Å². The lowest BCUT2D eigenvalue weighted by molar-refractivity contribution is -0.149. The van der Waals surface area contributed by atoms with Gasteiger partial charge in [0.05, 0.1) is 17.5 Å². The van der Waals surface area contributed by atoms with Gasteiger partial charge in [-0.25, -0.2) is 10.2 Å². The number of esters is 2. The zero-order valence-corrected chi connectivity index (χ0v) is 20.3. The first-order valence-corrected chi connectivity index (χ1v) is 11.1. The number of nitrogens with one attached hydrogen (secondary N) is 2. The Morgan fingerprint density at radius 1 is 1.03 bits per heavy atom. The minimum absolute atomic E-state index is 0.205. The van der Waals surface area contributed by atoms with E-state index >= 15 is 0 Å². The Morgan fingerprint density at radius 2 is 1.76 bits per heavy atom. The molecular formula is C25H23N7O5. The van der Waals surface area contributed by atoms with Gasteiger partial charge in [-0.3, -0.25) is 9.59 Å². The van der Waals surface area contributed by atoms with Crippen molar-refractivity contribution >= 4 is 24.1 Å². The number of rotatable bonds is 8.